The monoisotopic (exact) mass is 485 g/mol. The molecule has 4 N–H and O–H groups in total. The number of nitrogens with one attached hydrogen (secondary N) is 2. The number of thioether (sulfide) groups is 1. The lowest BCUT2D eigenvalue weighted by Gasteiger charge is -2.11. The van der Waals surface area contributed by atoms with E-state index in [1.807, 2.05) is 54.6 Å². The summed E-state index contributed by atoms with van der Waals surface area (Å²) < 4.78 is 14.5. The Morgan fingerprint density at radius 3 is 2.51 bits per heavy atom. The van der Waals surface area contributed by atoms with E-state index in [0.29, 0.717) is 22.4 Å². The standard InChI is InChI=1S/C25H20FN7OS/c26-18-12-10-17(11-13-18)21-14-22(30-29-21)24-31-32-25(33(24)27)35-15-23(34)28-20-9-5-4-8-19(20)16-6-2-1-3-7-16/h1-14H,15,27H2,(H,28,34)(H,29,30). The van der Waals surface area contributed by atoms with Gasteiger partial charge in [-0.25, -0.2) is 9.07 Å². The first-order valence-corrected chi connectivity index (χ1v) is 11.7. The van der Waals surface area contributed by atoms with Crippen LogP contribution < -0.4 is 11.2 Å². The SMILES string of the molecule is Nn1c(SCC(=O)Nc2ccccc2-c2ccccc2)nnc1-c1cc(-c2ccc(F)cc2)n[nH]1. The smallest absolute Gasteiger partial charge is 0.234 e. The molecule has 0 bridgehead atoms. The van der Waals surface area contributed by atoms with Gasteiger partial charge in [0.05, 0.1) is 11.4 Å². The summed E-state index contributed by atoms with van der Waals surface area (Å²) >= 11 is 1.17. The Morgan fingerprint density at radius 1 is 0.971 bits per heavy atom. The molecule has 8 nitrogen and oxygen atoms in total. The number of aromatic amines is 1. The highest BCUT2D eigenvalue weighted by Gasteiger charge is 2.17. The summed E-state index contributed by atoms with van der Waals surface area (Å²) in [7, 11) is 0. The average molecular weight is 486 g/mol. The van der Waals surface area contributed by atoms with Crippen molar-refractivity contribution in [2.45, 2.75) is 5.16 Å². The summed E-state index contributed by atoms with van der Waals surface area (Å²) in [5.74, 6) is 6.14. The second-order valence-electron chi connectivity index (χ2n) is 7.60. The highest BCUT2D eigenvalue weighted by atomic mass is 32.2. The van der Waals surface area contributed by atoms with Crippen LogP contribution in [0.2, 0.25) is 0 Å². The molecule has 0 aliphatic carbocycles. The number of nitrogens with zero attached hydrogens (tertiary/aromatic N) is 4. The Labute approximate surface area is 204 Å². The zero-order chi connectivity index (χ0) is 24.2. The molecule has 0 aliphatic rings. The number of anilines is 1. The van der Waals surface area contributed by atoms with Crippen LogP contribution in [0.15, 0.2) is 90.1 Å². The van der Waals surface area contributed by atoms with Crippen LogP contribution in [0.1, 0.15) is 0 Å². The third kappa shape index (κ3) is 4.92. The number of carbonyl (C=O) groups excluding carboxylic acids is 1. The lowest BCUT2D eigenvalue weighted by atomic mass is 10.0. The van der Waals surface area contributed by atoms with Crippen molar-refractivity contribution in [1.29, 1.82) is 0 Å². The zero-order valence-electron chi connectivity index (χ0n) is 18.4. The van der Waals surface area contributed by atoms with Gasteiger partial charge in [0.2, 0.25) is 16.9 Å². The molecule has 0 unspecified atom stereocenters. The van der Waals surface area contributed by atoms with Crippen molar-refractivity contribution in [2.24, 2.45) is 0 Å². The lowest BCUT2D eigenvalue weighted by Crippen LogP contribution is -2.17. The van der Waals surface area contributed by atoms with E-state index >= 15 is 0 Å². The number of benzene rings is 3. The Kier molecular flexibility index (Phi) is 6.27. The van der Waals surface area contributed by atoms with Gasteiger partial charge in [-0.1, -0.05) is 60.3 Å². The molecule has 5 aromatic rings. The highest BCUT2D eigenvalue weighted by molar-refractivity contribution is 7.99. The van der Waals surface area contributed by atoms with Crippen molar-refractivity contribution in [3.05, 3.63) is 90.7 Å². The van der Waals surface area contributed by atoms with Crippen molar-refractivity contribution >= 4 is 23.4 Å². The van der Waals surface area contributed by atoms with E-state index in [2.05, 4.69) is 25.7 Å². The van der Waals surface area contributed by atoms with Crippen LogP contribution in [0.4, 0.5) is 10.1 Å². The van der Waals surface area contributed by atoms with Crippen molar-refractivity contribution < 1.29 is 9.18 Å². The third-order valence-corrected chi connectivity index (χ3v) is 6.18. The quantitative estimate of drug-likeness (QED) is 0.230. The topological polar surface area (TPSA) is 115 Å². The van der Waals surface area contributed by atoms with E-state index in [0.717, 1.165) is 22.4 Å². The molecule has 0 saturated heterocycles. The van der Waals surface area contributed by atoms with E-state index in [-0.39, 0.29) is 17.5 Å². The summed E-state index contributed by atoms with van der Waals surface area (Å²) in [6.45, 7) is 0. The van der Waals surface area contributed by atoms with Crippen molar-refractivity contribution in [3.8, 4) is 33.9 Å². The predicted octanol–water partition coefficient (Wildman–Crippen LogP) is 4.59. The van der Waals surface area contributed by atoms with Crippen LogP contribution in [-0.2, 0) is 4.79 Å². The molecule has 5 rings (SSSR count). The molecule has 0 aliphatic heterocycles. The number of carbonyl (C=O) groups is 1. The van der Waals surface area contributed by atoms with Crippen LogP contribution in [0.25, 0.3) is 33.9 Å². The molecule has 1 amide bonds. The maximum absolute atomic E-state index is 13.2. The molecule has 0 spiro atoms. The Bertz CT molecular complexity index is 1460. The van der Waals surface area contributed by atoms with Gasteiger partial charge in [0, 0.05) is 16.8 Å². The summed E-state index contributed by atoms with van der Waals surface area (Å²) in [6.07, 6.45) is 0. The maximum atomic E-state index is 13.2. The minimum Gasteiger partial charge on any atom is -0.335 e. The molecular weight excluding hydrogens is 465 g/mol. The van der Waals surface area contributed by atoms with Gasteiger partial charge in [-0.15, -0.1) is 10.2 Å². The summed E-state index contributed by atoms with van der Waals surface area (Å²) in [4.78, 5) is 12.7. The molecule has 0 saturated carbocycles. The zero-order valence-corrected chi connectivity index (χ0v) is 19.2. The van der Waals surface area contributed by atoms with Gasteiger partial charge in [0.1, 0.15) is 11.5 Å². The number of nitrogens with two attached hydrogens (primary N) is 1. The molecule has 10 heteroatoms. The van der Waals surface area contributed by atoms with E-state index < -0.39 is 0 Å². The number of H-pyrrole nitrogens is 1. The summed E-state index contributed by atoms with van der Waals surface area (Å²) in [5.41, 5.74) is 4.60. The number of aromatic nitrogens is 5. The van der Waals surface area contributed by atoms with Gasteiger partial charge >= 0.3 is 0 Å². The number of hydrogen-bond acceptors (Lipinski definition) is 6. The van der Waals surface area contributed by atoms with Gasteiger partial charge in [-0.3, -0.25) is 9.89 Å². The minimum atomic E-state index is -0.319. The summed E-state index contributed by atoms with van der Waals surface area (Å²) in [5, 5.41) is 18.7. The number of nitrogen functional groups attached to an aromatic ring is 1. The van der Waals surface area contributed by atoms with E-state index in [1.54, 1.807) is 18.2 Å². The molecule has 174 valence electrons. The number of amides is 1. The molecular formula is C25H20FN7OS. The number of halogens is 1. The van der Waals surface area contributed by atoms with Crippen LogP contribution in [0, 0.1) is 5.82 Å². The molecule has 2 aromatic heterocycles. The molecule has 35 heavy (non-hydrogen) atoms. The predicted molar refractivity (Wildman–Crippen MR) is 134 cm³/mol. The van der Waals surface area contributed by atoms with Crippen molar-refractivity contribution in [1.82, 2.24) is 25.1 Å². The van der Waals surface area contributed by atoms with Gasteiger partial charge in [-0.2, -0.15) is 5.10 Å². The van der Waals surface area contributed by atoms with Crippen LogP contribution in [-0.4, -0.2) is 36.7 Å². The fraction of sp³-hybridized carbons (Fsp3) is 0.0400. The number of para-hydroxylation sites is 1. The maximum Gasteiger partial charge on any atom is 0.234 e. The van der Waals surface area contributed by atoms with Crippen molar-refractivity contribution in [2.75, 3.05) is 16.9 Å². The largest absolute Gasteiger partial charge is 0.335 e. The first-order chi connectivity index (χ1) is 17.1. The molecule has 0 atom stereocenters. The van der Waals surface area contributed by atoms with Crippen LogP contribution >= 0.6 is 11.8 Å². The van der Waals surface area contributed by atoms with Gasteiger partial charge < -0.3 is 11.2 Å². The second-order valence-corrected chi connectivity index (χ2v) is 8.54. The Hall–Kier alpha value is -4.44. The van der Waals surface area contributed by atoms with E-state index in [1.165, 1.54) is 28.6 Å². The Morgan fingerprint density at radius 2 is 1.71 bits per heavy atom. The lowest BCUT2D eigenvalue weighted by molar-refractivity contribution is -0.113. The van der Waals surface area contributed by atoms with Crippen LogP contribution in [0.3, 0.4) is 0 Å². The van der Waals surface area contributed by atoms with E-state index in [9.17, 15) is 9.18 Å². The van der Waals surface area contributed by atoms with Crippen LogP contribution in [0.5, 0.6) is 0 Å². The van der Waals surface area contributed by atoms with E-state index in [4.69, 9.17) is 5.84 Å². The second kappa shape index (κ2) is 9.82. The van der Waals surface area contributed by atoms with Gasteiger partial charge in [0.15, 0.2) is 0 Å². The molecule has 0 radical (unpaired) electrons. The number of hydrogen-bond donors (Lipinski definition) is 3. The third-order valence-electron chi connectivity index (χ3n) is 5.24. The molecule has 3 aromatic carbocycles. The first kappa shape index (κ1) is 22.4. The molecule has 0 fully saturated rings. The summed E-state index contributed by atoms with van der Waals surface area (Å²) in [6, 6.07) is 25.3. The Balaban J connectivity index is 1.26. The van der Waals surface area contributed by atoms with Gasteiger partial charge in [0.25, 0.3) is 0 Å². The van der Waals surface area contributed by atoms with Crippen molar-refractivity contribution in [3.63, 3.8) is 0 Å². The normalized spacial score (nSPS) is 10.9. The minimum absolute atomic E-state index is 0.0995. The number of rotatable bonds is 7. The highest BCUT2D eigenvalue weighted by Crippen LogP contribution is 2.28. The fourth-order valence-electron chi connectivity index (χ4n) is 3.54. The fourth-order valence-corrected chi connectivity index (χ4v) is 4.20. The van der Waals surface area contributed by atoms with Gasteiger partial charge in [-0.05, 0) is 42.0 Å². The average Bonchev–Trinajstić information content (AvgIpc) is 3.51. The first-order valence-electron chi connectivity index (χ1n) is 10.7. The molecule has 2 heterocycles.